The molecule has 1 heterocycles. The highest BCUT2D eigenvalue weighted by Gasteiger charge is 2.37. The van der Waals surface area contributed by atoms with E-state index in [2.05, 4.69) is 10.1 Å². The number of hydrogen-bond acceptors (Lipinski definition) is 7. The molecule has 0 saturated carbocycles. The van der Waals surface area contributed by atoms with Crippen molar-refractivity contribution in [3.63, 3.8) is 0 Å². The third-order valence-electron chi connectivity index (χ3n) is 3.61. The molecule has 1 aromatic rings. The summed E-state index contributed by atoms with van der Waals surface area (Å²) in [7, 11) is 1.14. The molecule has 2 rings (SSSR count). The normalized spacial score (nSPS) is 17.7. The lowest BCUT2D eigenvalue weighted by molar-refractivity contribution is -0.146. The maximum atomic E-state index is 12.3. The van der Waals surface area contributed by atoms with Gasteiger partial charge in [0.25, 0.3) is 0 Å². The van der Waals surface area contributed by atoms with E-state index in [1.807, 2.05) is 18.2 Å². The minimum Gasteiger partial charge on any atom is -0.467 e. The van der Waals surface area contributed by atoms with Crippen LogP contribution in [0.2, 0.25) is 0 Å². The lowest BCUT2D eigenvalue weighted by Crippen LogP contribution is -2.53. The van der Waals surface area contributed by atoms with Crippen molar-refractivity contribution in [2.24, 2.45) is 0 Å². The molecule has 0 unspecified atom stereocenters. The Morgan fingerprint density at radius 1 is 1.36 bits per heavy atom. The highest BCUT2D eigenvalue weighted by Crippen LogP contribution is 2.13. The summed E-state index contributed by atoms with van der Waals surface area (Å²) in [5, 5.41) is 11.5. The van der Waals surface area contributed by atoms with Crippen molar-refractivity contribution in [2.45, 2.75) is 18.7 Å². The predicted octanol–water partition coefficient (Wildman–Crippen LogP) is -0.368. The van der Waals surface area contributed by atoms with Gasteiger partial charge in [-0.2, -0.15) is 0 Å². The summed E-state index contributed by atoms with van der Waals surface area (Å²) < 4.78 is 14.8. The first-order chi connectivity index (χ1) is 12.1. The molecule has 0 aliphatic carbocycles. The summed E-state index contributed by atoms with van der Waals surface area (Å²) in [6.45, 7) is -0.699. The topological polar surface area (TPSA) is 114 Å². The van der Waals surface area contributed by atoms with Crippen LogP contribution in [0.4, 0.5) is 4.79 Å². The molecule has 2 N–H and O–H groups in total. The van der Waals surface area contributed by atoms with E-state index in [9.17, 15) is 14.4 Å². The van der Waals surface area contributed by atoms with Crippen LogP contribution in [-0.4, -0.2) is 67.1 Å². The summed E-state index contributed by atoms with van der Waals surface area (Å²) in [6, 6.07) is 6.93. The van der Waals surface area contributed by atoms with Crippen molar-refractivity contribution in [1.29, 1.82) is 0 Å². The Balaban J connectivity index is 1.93. The fourth-order valence-corrected chi connectivity index (χ4v) is 2.23. The van der Waals surface area contributed by atoms with E-state index in [1.54, 1.807) is 12.1 Å². The highest BCUT2D eigenvalue weighted by atomic mass is 16.6. The summed E-state index contributed by atoms with van der Waals surface area (Å²) in [6.07, 6.45) is -0.708. The summed E-state index contributed by atoms with van der Waals surface area (Å²) in [5.41, 5.74) is 0.808. The van der Waals surface area contributed by atoms with Gasteiger partial charge in [0.15, 0.2) is 6.04 Å². The average Bonchev–Trinajstić information content (AvgIpc) is 3.14. The zero-order valence-electron chi connectivity index (χ0n) is 13.7. The smallest absolute Gasteiger partial charge is 0.412 e. The molecule has 136 valence electrons. The Morgan fingerprint density at radius 2 is 2.08 bits per heavy atom. The maximum absolute atomic E-state index is 12.3. The molecule has 1 saturated heterocycles. The molecule has 2 amide bonds. The molecule has 0 bridgehead atoms. The van der Waals surface area contributed by atoms with Gasteiger partial charge in [-0.1, -0.05) is 30.3 Å². The van der Waals surface area contributed by atoms with Crippen LogP contribution in [0, 0.1) is 0 Å². The summed E-state index contributed by atoms with van der Waals surface area (Å²) in [5.74, 6) is -1.42. The molecule has 1 aliphatic rings. The second kappa shape index (κ2) is 9.00. The Bertz CT molecular complexity index is 608. The van der Waals surface area contributed by atoms with E-state index in [0.29, 0.717) is 0 Å². The molecule has 25 heavy (non-hydrogen) atoms. The first-order valence-corrected chi connectivity index (χ1v) is 7.61. The minimum atomic E-state index is -1.21. The van der Waals surface area contributed by atoms with Gasteiger partial charge >= 0.3 is 12.1 Å². The van der Waals surface area contributed by atoms with Gasteiger partial charge < -0.3 is 24.6 Å². The van der Waals surface area contributed by atoms with E-state index in [0.717, 1.165) is 17.6 Å². The van der Waals surface area contributed by atoms with Crippen LogP contribution in [0.15, 0.2) is 30.3 Å². The van der Waals surface area contributed by atoms with Crippen LogP contribution in [0.3, 0.4) is 0 Å². The van der Waals surface area contributed by atoms with Crippen LogP contribution >= 0.6 is 0 Å². The SMILES string of the molecule is COC(=O)[C@H](CO)NC(=O)[C@@H]1COCN1C(=O)OCc1ccccc1. The number of amides is 2. The van der Waals surface area contributed by atoms with E-state index in [-0.39, 0.29) is 19.9 Å². The molecule has 0 aromatic heterocycles. The van der Waals surface area contributed by atoms with Gasteiger partial charge in [-0.05, 0) is 5.56 Å². The molecular formula is C16H20N2O7. The number of nitrogens with one attached hydrogen (secondary N) is 1. The lowest BCUT2D eigenvalue weighted by Gasteiger charge is -2.23. The Labute approximate surface area is 144 Å². The second-order valence-corrected chi connectivity index (χ2v) is 5.29. The number of carbonyl (C=O) groups excluding carboxylic acids is 3. The minimum absolute atomic E-state index is 0.0361. The van der Waals surface area contributed by atoms with Gasteiger partial charge in [-0.3, -0.25) is 9.69 Å². The van der Waals surface area contributed by atoms with Crippen LogP contribution in [0.5, 0.6) is 0 Å². The maximum Gasteiger partial charge on any atom is 0.412 e. The van der Waals surface area contributed by atoms with Crippen molar-refractivity contribution in [3.05, 3.63) is 35.9 Å². The van der Waals surface area contributed by atoms with Gasteiger partial charge in [0.1, 0.15) is 19.4 Å². The van der Waals surface area contributed by atoms with Crippen molar-refractivity contribution >= 4 is 18.0 Å². The van der Waals surface area contributed by atoms with Gasteiger partial charge in [-0.25, -0.2) is 9.59 Å². The van der Waals surface area contributed by atoms with Crippen LogP contribution in [0.1, 0.15) is 5.56 Å². The van der Waals surface area contributed by atoms with Gasteiger partial charge in [0.05, 0.1) is 20.3 Å². The molecule has 0 radical (unpaired) electrons. The molecule has 9 nitrogen and oxygen atoms in total. The third-order valence-corrected chi connectivity index (χ3v) is 3.61. The van der Waals surface area contributed by atoms with Crippen LogP contribution in [-0.2, 0) is 30.4 Å². The fourth-order valence-electron chi connectivity index (χ4n) is 2.23. The molecule has 9 heteroatoms. The number of carbonyl (C=O) groups is 3. The van der Waals surface area contributed by atoms with Crippen molar-refractivity contribution in [1.82, 2.24) is 10.2 Å². The van der Waals surface area contributed by atoms with Gasteiger partial charge in [0, 0.05) is 0 Å². The standard InChI is InChI=1S/C16H20N2O7/c1-23-15(21)12(7-19)17-14(20)13-9-24-10-18(13)16(22)25-8-11-5-3-2-4-6-11/h2-6,12-13,19H,7-10H2,1H3,(H,17,20)/t12-,13-/m0/s1. The van der Waals surface area contributed by atoms with Crippen LogP contribution < -0.4 is 5.32 Å². The van der Waals surface area contributed by atoms with Gasteiger partial charge in [0.2, 0.25) is 5.91 Å². The number of hydrogen-bond donors (Lipinski definition) is 2. The largest absolute Gasteiger partial charge is 0.467 e. The number of rotatable bonds is 6. The fraction of sp³-hybridized carbons (Fsp3) is 0.438. The summed E-state index contributed by atoms with van der Waals surface area (Å²) >= 11 is 0. The third kappa shape index (κ3) is 4.91. The van der Waals surface area contributed by atoms with Crippen molar-refractivity contribution in [2.75, 3.05) is 27.1 Å². The Kier molecular flexibility index (Phi) is 6.72. The number of nitrogens with zero attached hydrogens (tertiary/aromatic N) is 1. The lowest BCUT2D eigenvalue weighted by atomic mass is 10.2. The molecule has 1 aromatic carbocycles. The molecule has 0 spiro atoms. The second-order valence-electron chi connectivity index (χ2n) is 5.29. The van der Waals surface area contributed by atoms with E-state index in [1.165, 1.54) is 0 Å². The van der Waals surface area contributed by atoms with Crippen molar-refractivity contribution < 1.29 is 33.7 Å². The zero-order valence-corrected chi connectivity index (χ0v) is 13.7. The number of aliphatic hydroxyl groups is 1. The van der Waals surface area contributed by atoms with E-state index >= 15 is 0 Å². The number of aliphatic hydroxyl groups excluding tert-OH is 1. The first kappa shape index (κ1) is 18.7. The number of esters is 1. The number of ether oxygens (including phenoxy) is 3. The van der Waals surface area contributed by atoms with Crippen LogP contribution in [0.25, 0.3) is 0 Å². The quantitative estimate of drug-likeness (QED) is 0.672. The first-order valence-electron chi connectivity index (χ1n) is 7.61. The number of methoxy groups -OCH3 is 1. The average molecular weight is 352 g/mol. The molecule has 1 fully saturated rings. The van der Waals surface area contributed by atoms with E-state index < -0.39 is 36.7 Å². The molecular weight excluding hydrogens is 332 g/mol. The van der Waals surface area contributed by atoms with Crippen molar-refractivity contribution in [3.8, 4) is 0 Å². The Morgan fingerprint density at radius 3 is 2.72 bits per heavy atom. The monoisotopic (exact) mass is 352 g/mol. The molecule has 2 atom stereocenters. The Hall–Kier alpha value is -2.65. The van der Waals surface area contributed by atoms with Gasteiger partial charge in [-0.15, -0.1) is 0 Å². The zero-order chi connectivity index (χ0) is 18.2. The summed E-state index contributed by atoms with van der Waals surface area (Å²) in [4.78, 5) is 37.0. The molecule has 1 aliphatic heterocycles. The highest BCUT2D eigenvalue weighted by molar-refractivity contribution is 5.90. The van der Waals surface area contributed by atoms with E-state index in [4.69, 9.17) is 14.6 Å². The predicted molar refractivity (Wildman–Crippen MR) is 84.1 cm³/mol. The number of benzene rings is 1.